The van der Waals surface area contributed by atoms with Gasteiger partial charge >= 0.3 is 0 Å². The third-order valence-corrected chi connectivity index (χ3v) is 4.48. The molecule has 0 radical (unpaired) electrons. The van der Waals surface area contributed by atoms with Gasteiger partial charge in [0.1, 0.15) is 3.70 Å². The molecule has 0 fully saturated rings. The minimum absolute atomic E-state index is 0.190. The molecule has 0 aliphatic carbocycles. The van der Waals surface area contributed by atoms with Crippen LogP contribution in [0.2, 0.25) is 0 Å². The Balaban J connectivity index is 2.05. The Bertz CT molecular complexity index is 789. The normalized spacial score (nSPS) is 11.3. The van der Waals surface area contributed by atoms with Gasteiger partial charge in [-0.25, -0.2) is 4.68 Å². The maximum Gasteiger partial charge on any atom is 0.209 e. The van der Waals surface area contributed by atoms with E-state index in [4.69, 9.17) is 0 Å². The molecule has 3 rings (SSSR count). The Morgan fingerprint density at radius 1 is 1.23 bits per heavy atom. The molecule has 1 aromatic carbocycles. The number of rotatable bonds is 4. The van der Waals surface area contributed by atoms with Crippen molar-refractivity contribution < 1.29 is 0 Å². The van der Waals surface area contributed by atoms with Crippen molar-refractivity contribution in [2.45, 2.75) is 33.2 Å². The quantitative estimate of drug-likeness (QED) is 0.622. The molecule has 0 aliphatic heterocycles. The Morgan fingerprint density at radius 3 is 2.68 bits per heavy atom. The first-order valence-electron chi connectivity index (χ1n) is 7.23. The van der Waals surface area contributed by atoms with Crippen molar-refractivity contribution in [2.24, 2.45) is 0 Å². The van der Waals surface area contributed by atoms with E-state index >= 15 is 0 Å². The summed E-state index contributed by atoms with van der Waals surface area (Å²) in [4.78, 5) is 1.61. The predicted octanol–water partition coefficient (Wildman–Crippen LogP) is 3.27. The van der Waals surface area contributed by atoms with Crippen LogP contribution >= 0.6 is 22.6 Å². The first-order valence-corrected chi connectivity index (χ1v) is 8.31. The van der Waals surface area contributed by atoms with E-state index in [-0.39, 0.29) is 6.04 Å². The molecule has 0 unspecified atom stereocenters. The molecule has 7 heteroatoms. The standard InChI is InChI=1S/C15H17IN6/c1-4-11-7-5-6-8-13(11)21-14(16)12(9-17-21)15-18-20-22(19-15)10(2)3/h5-10H,4H2,1-3H3. The van der Waals surface area contributed by atoms with E-state index in [1.165, 1.54) is 5.56 Å². The van der Waals surface area contributed by atoms with Crippen LogP contribution in [-0.4, -0.2) is 30.0 Å². The average Bonchev–Trinajstić information content (AvgIpc) is 3.14. The highest BCUT2D eigenvalue weighted by Gasteiger charge is 2.17. The van der Waals surface area contributed by atoms with Crippen LogP contribution in [0.4, 0.5) is 0 Å². The summed E-state index contributed by atoms with van der Waals surface area (Å²) in [6, 6.07) is 8.47. The topological polar surface area (TPSA) is 61.4 Å². The molecule has 2 aromatic heterocycles. The van der Waals surface area contributed by atoms with E-state index in [1.54, 1.807) is 11.0 Å². The highest BCUT2D eigenvalue weighted by atomic mass is 127. The van der Waals surface area contributed by atoms with E-state index in [9.17, 15) is 0 Å². The van der Waals surface area contributed by atoms with Crippen molar-refractivity contribution in [1.82, 2.24) is 30.0 Å². The maximum absolute atomic E-state index is 4.52. The van der Waals surface area contributed by atoms with Gasteiger partial charge in [0.2, 0.25) is 5.82 Å². The molecule has 0 saturated carbocycles. The van der Waals surface area contributed by atoms with Crippen LogP contribution < -0.4 is 0 Å². The van der Waals surface area contributed by atoms with Crippen LogP contribution in [0, 0.1) is 3.70 Å². The predicted molar refractivity (Wildman–Crippen MR) is 92.9 cm³/mol. The Morgan fingerprint density at radius 2 is 2.00 bits per heavy atom. The summed E-state index contributed by atoms with van der Waals surface area (Å²) in [6.07, 6.45) is 2.76. The fourth-order valence-electron chi connectivity index (χ4n) is 2.22. The second-order valence-corrected chi connectivity index (χ2v) is 6.29. The van der Waals surface area contributed by atoms with Gasteiger partial charge in [0.05, 0.1) is 23.5 Å². The average molecular weight is 408 g/mol. The summed E-state index contributed by atoms with van der Waals surface area (Å²) in [5.74, 6) is 0.610. The zero-order valence-corrected chi connectivity index (χ0v) is 14.9. The Labute approximate surface area is 142 Å². The largest absolute Gasteiger partial charge is 0.227 e. The van der Waals surface area contributed by atoms with Gasteiger partial charge < -0.3 is 0 Å². The molecule has 2 heterocycles. The van der Waals surface area contributed by atoms with E-state index in [1.807, 2.05) is 24.6 Å². The minimum atomic E-state index is 0.190. The number of aryl methyl sites for hydroxylation is 1. The summed E-state index contributed by atoms with van der Waals surface area (Å²) in [5.41, 5.74) is 3.25. The molecule has 0 atom stereocenters. The van der Waals surface area contributed by atoms with Crippen LogP contribution in [-0.2, 0) is 6.42 Å². The zero-order valence-electron chi connectivity index (χ0n) is 12.7. The number of tetrazole rings is 1. The molecule has 6 nitrogen and oxygen atoms in total. The minimum Gasteiger partial charge on any atom is -0.227 e. The molecular weight excluding hydrogens is 391 g/mol. The fraction of sp³-hybridized carbons (Fsp3) is 0.333. The van der Waals surface area contributed by atoms with Crippen molar-refractivity contribution in [3.63, 3.8) is 0 Å². The third kappa shape index (κ3) is 2.65. The first kappa shape index (κ1) is 15.1. The van der Waals surface area contributed by atoms with Gasteiger partial charge in [-0.15, -0.1) is 10.2 Å². The van der Waals surface area contributed by atoms with Crippen LogP contribution in [0.5, 0.6) is 0 Å². The molecule has 3 aromatic rings. The van der Waals surface area contributed by atoms with Gasteiger partial charge in [0.15, 0.2) is 0 Å². The van der Waals surface area contributed by atoms with Crippen LogP contribution in [0.1, 0.15) is 32.4 Å². The summed E-state index contributed by atoms with van der Waals surface area (Å²) in [7, 11) is 0. The summed E-state index contributed by atoms with van der Waals surface area (Å²) < 4.78 is 2.92. The van der Waals surface area contributed by atoms with Crippen molar-refractivity contribution in [3.05, 3.63) is 39.7 Å². The molecule has 0 aliphatic rings. The maximum atomic E-state index is 4.52. The Kier molecular flexibility index (Phi) is 4.23. The number of hydrogen-bond donors (Lipinski definition) is 0. The molecule has 0 saturated heterocycles. The van der Waals surface area contributed by atoms with Gasteiger partial charge in [0.25, 0.3) is 0 Å². The number of halogens is 1. The van der Waals surface area contributed by atoms with Crippen molar-refractivity contribution in [3.8, 4) is 17.1 Å². The third-order valence-electron chi connectivity index (χ3n) is 3.44. The fourth-order valence-corrected chi connectivity index (χ4v) is 2.98. The molecule has 114 valence electrons. The summed E-state index contributed by atoms with van der Waals surface area (Å²) in [6.45, 7) is 6.20. The number of para-hydroxylation sites is 1. The van der Waals surface area contributed by atoms with E-state index in [2.05, 4.69) is 68.2 Å². The van der Waals surface area contributed by atoms with Crippen LogP contribution in [0.15, 0.2) is 30.5 Å². The molecular formula is C15H17IN6. The first-order chi connectivity index (χ1) is 10.6. The number of benzene rings is 1. The van der Waals surface area contributed by atoms with Gasteiger partial charge in [-0.1, -0.05) is 25.1 Å². The highest BCUT2D eigenvalue weighted by molar-refractivity contribution is 14.1. The van der Waals surface area contributed by atoms with Gasteiger partial charge in [-0.05, 0) is 59.7 Å². The molecule has 0 bridgehead atoms. The van der Waals surface area contributed by atoms with E-state index < -0.39 is 0 Å². The summed E-state index contributed by atoms with van der Waals surface area (Å²) >= 11 is 2.29. The SMILES string of the molecule is CCc1ccccc1-n1ncc(-c2nnn(C(C)C)n2)c1I. The summed E-state index contributed by atoms with van der Waals surface area (Å²) in [5, 5.41) is 17.2. The monoisotopic (exact) mass is 408 g/mol. The molecule has 0 spiro atoms. The molecule has 0 N–H and O–H groups in total. The van der Waals surface area contributed by atoms with Crippen molar-refractivity contribution in [1.29, 1.82) is 0 Å². The lowest BCUT2D eigenvalue weighted by molar-refractivity contribution is 0.455. The van der Waals surface area contributed by atoms with E-state index in [0.717, 1.165) is 21.4 Å². The van der Waals surface area contributed by atoms with Gasteiger partial charge in [-0.3, -0.25) is 0 Å². The van der Waals surface area contributed by atoms with Crippen molar-refractivity contribution >= 4 is 22.6 Å². The number of nitrogens with zero attached hydrogens (tertiary/aromatic N) is 6. The zero-order chi connectivity index (χ0) is 15.7. The van der Waals surface area contributed by atoms with Crippen molar-refractivity contribution in [2.75, 3.05) is 0 Å². The Hall–Kier alpha value is -1.77. The van der Waals surface area contributed by atoms with Gasteiger partial charge in [0, 0.05) is 0 Å². The van der Waals surface area contributed by atoms with Crippen LogP contribution in [0.25, 0.3) is 17.1 Å². The second kappa shape index (κ2) is 6.15. The lowest BCUT2D eigenvalue weighted by atomic mass is 10.1. The highest BCUT2D eigenvalue weighted by Crippen LogP contribution is 2.25. The lowest BCUT2D eigenvalue weighted by Gasteiger charge is -2.08. The number of hydrogen-bond acceptors (Lipinski definition) is 4. The van der Waals surface area contributed by atoms with Crippen LogP contribution in [0.3, 0.4) is 0 Å². The second-order valence-electron chi connectivity index (χ2n) is 5.27. The molecule has 0 amide bonds. The lowest BCUT2D eigenvalue weighted by Crippen LogP contribution is -2.05. The molecule has 22 heavy (non-hydrogen) atoms. The smallest absolute Gasteiger partial charge is 0.209 e. The van der Waals surface area contributed by atoms with Gasteiger partial charge in [-0.2, -0.15) is 9.90 Å². The number of aromatic nitrogens is 6. The van der Waals surface area contributed by atoms with E-state index in [0.29, 0.717) is 5.82 Å².